The van der Waals surface area contributed by atoms with Crippen LogP contribution in [0.1, 0.15) is 13.3 Å². The summed E-state index contributed by atoms with van der Waals surface area (Å²) in [4.78, 5) is 2.42. The third-order valence-electron chi connectivity index (χ3n) is 3.17. The highest BCUT2D eigenvalue weighted by molar-refractivity contribution is 5.47. The van der Waals surface area contributed by atoms with Crippen molar-refractivity contribution >= 4 is 5.69 Å². The second-order valence-electron chi connectivity index (χ2n) is 4.52. The number of rotatable bonds is 2. The number of para-hydroxylation sites is 1. The van der Waals surface area contributed by atoms with Gasteiger partial charge in [0.15, 0.2) is 0 Å². The highest BCUT2D eigenvalue weighted by atomic mass is 15.2. The second kappa shape index (κ2) is 3.62. The van der Waals surface area contributed by atoms with Crippen molar-refractivity contribution in [3.8, 4) is 0 Å². The Kier molecular flexibility index (Phi) is 2.46. The smallest absolute Gasteiger partial charge is 0.0366 e. The second-order valence-corrected chi connectivity index (χ2v) is 4.52. The number of nitrogens with two attached hydrogens (primary N) is 1. The lowest BCUT2D eigenvalue weighted by molar-refractivity contribution is 0.383. The van der Waals surface area contributed by atoms with Gasteiger partial charge in [-0.2, -0.15) is 0 Å². The van der Waals surface area contributed by atoms with Crippen molar-refractivity contribution in [1.82, 2.24) is 0 Å². The fraction of sp³-hybridized carbons (Fsp3) is 0.500. The highest BCUT2D eigenvalue weighted by Crippen LogP contribution is 2.31. The molecule has 1 heterocycles. The molecule has 1 aromatic rings. The van der Waals surface area contributed by atoms with Crippen molar-refractivity contribution in [3.05, 3.63) is 30.3 Å². The largest absolute Gasteiger partial charge is 0.371 e. The minimum absolute atomic E-state index is 0.315. The first-order chi connectivity index (χ1) is 6.73. The number of hydrogen-bond donors (Lipinski definition) is 1. The first-order valence-corrected chi connectivity index (χ1v) is 5.24. The van der Waals surface area contributed by atoms with E-state index in [4.69, 9.17) is 5.73 Å². The summed E-state index contributed by atoms with van der Waals surface area (Å²) in [5, 5.41) is 0. The summed E-state index contributed by atoms with van der Waals surface area (Å²) in [5.74, 6) is 0. The Morgan fingerprint density at radius 3 is 2.64 bits per heavy atom. The third kappa shape index (κ3) is 1.75. The molecule has 0 aliphatic carbocycles. The normalized spacial score (nSPS) is 26.9. The van der Waals surface area contributed by atoms with Gasteiger partial charge in [-0.15, -0.1) is 0 Å². The van der Waals surface area contributed by atoms with Crippen LogP contribution in [0.15, 0.2) is 30.3 Å². The van der Waals surface area contributed by atoms with Crippen LogP contribution >= 0.6 is 0 Å². The summed E-state index contributed by atoms with van der Waals surface area (Å²) in [6, 6.07) is 10.6. The summed E-state index contributed by atoms with van der Waals surface area (Å²) in [7, 11) is 0. The van der Waals surface area contributed by atoms with E-state index in [1.165, 1.54) is 12.1 Å². The molecule has 1 atom stereocenters. The van der Waals surface area contributed by atoms with E-state index in [0.29, 0.717) is 5.41 Å². The molecule has 2 heteroatoms. The predicted octanol–water partition coefficient (Wildman–Crippen LogP) is 1.86. The van der Waals surface area contributed by atoms with Crippen molar-refractivity contribution in [2.24, 2.45) is 11.1 Å². The Labute approximate surface area is 85.7 Å². The summed E-state index contributed by atoms with van der Waals surface area (Å²) in [5.41, 5.74) is 7.42. The molecule has 1 aliphatic rings. The van der Waals surface area contributed by atoms with Gasteiger partial charge in [-0.05, 0) is 30.5 Å². The van der Waals surface area contributed by atoms with Gasteiger partial charge in [0.05, 0.1) is 0 Å². The maximum Gasteiger partial charge on any atom is 0.0366 e. The van der Waals surface area contributed by atoms with Gasteiger partial charge in [-0.3, -0.25) is 0 Å². The molecule has 1 unspecified atom stereocenters. The molecule has 0 amide bonds. The molecule has 2 rings (SSSR count). The lowest BCUT2D eigenvalue weighted by atomic mass is 9.90. The topological polar surface area (TPSA) is 29.3 Å². The van der Waals surface area contributed by atoms with E-state index in [-0.39, 0.29) is 0 Å². The van der Waals surface area contributed by atoms with Crippen molar-refractivity contribution in [3.63, 3.8) is 0 Å². The summed E-state index contributed by atoms with van der Waals surface area (Å²) < 4.78 is 0. The van der Waals surface area contributed by atoms with Crippen LogP contribution in [-0.4, -0.2) is 19.6 Å². The SMILES string of the molecule is CC1(CN)CCN(c2ccccc2)C1. The molecule has 1 fully saturated rings. The van der Waals surface area contributed by atoms with Crippen molar-refractivity contribution < 1.29 is 0 Å². The van der Waals surface area contributed by atoms with Gasteiger partial charge in [0.25, 0.3) is 0 Å². The zero-order chi connectivity index (χ0) is 10.0. The number of benzene rings is 1. The van der Waals surface area contributed by atoms with Gasteiger partial charge in [-0.25, -0.2) is 0 Å². The maximum atomic E-state index is 5.78. The van der Waals surface area contributed by atoms with E-state index >= 15 is 0 Å². The van der Waals surface area contributed by atoms with E-state index < -0.39 is 0 Å². The van der Waals surface area contributed by atoms with Crippen LogP contribution in [0.5, 0.6) is 0 Å². The fourth-order valence-electron chi connectivity index (χ4n) is 2.05. The Hall–Kier alpha value is -1.02. The summed E-state index contributed by atoms with van der Waals surface area (Å²) in [6.45, 7) is 5.29. The minimum atomic E-state index is 0.315. The molecule has 1 saturated heterocycles. The van der Waals surface area contributed by atoms with Gasteiger partial charge < -0.3 is 10.6 Å². The van der Waals surface area contributed by atoms with E-state index in [2.05, 4.69) is 42.2 Å². The van der Waals surface area contributed by atoms with E-state index in [1.807, 2.05) is 0 Å². The van der Waals surface area contributed by atoms with Crippen molar-refractivity contribution in [1.29, 1.82) is 0 Å². The minimum Gasteiger partial charge on any atom is -0.371 e. The number of hydrogen-bond acceptors (Lipinski definition) is 2. The first-order valence-electron chi connectivity index (χ1n) is 5.24. The van der Waals surface area contributed by atoms with Gasteiger partial charge in [-0.1, -0.05) is 25.1 Å². The monoisotopic (exact) mass is 190 g/mol. The van der Waals surface area contributed by atoms with Crippen LogP contribution in [0.25, 0.3) is 0 Å². The van der Waals surface area contributed by atoms with Crippen LogP contribution in [-0.2, 0) is 0 Å². The van der Waals surface area contributed by atoms with Gasteiger partial charge in [0, 0.05) is 18.8 Å². The fourth-order valence-corrected chi connectivity index (χ4v) is 2.05. The molecule has 2 N–H and O–H groups in total. The molecular formula is C12H18N2. The zero-order valence-corrected chi connectivity index (χ0v) is 8.74. The van der Waals surface area contributed by atoms with Crippen molar-refractivity contribution in [2.45, 2.75) is 13.3 Å². The highest BCUT2D eigenvalue weighted by Gasteiger charge is 2.32. The maximum absolute atomic E-state index is 5.78. The zero-order valence-electron chi connectivity index (χ0n) is 8.74. The van der Waals surface area contributed by atoms with E-state index in [9.17, 15) is 0 Å². The van der Waals surface area contributed by atoms with E-state index in [1.54, 1.807) is 0 Å². The average molecular weight is 190 g/mol. The van der Waals surface area contributed by atoms with Crippen LogP contribution in [0.3, 0.4) is 0 Å². The lowest BCUT2D eigenvalue weighted by Gasteiger charge is -2.23. The molecule has 2 nitrogen and oxygen atoms in total. The summed E-state index contributed by atoms with van der Waals surface area (Å²) >= 11 is 0. The number of anilines is 1. The molecule has 1 aromatic carbocycles. The van der Waals surface area contributed by atoms with Crippen LogP contribution in [0.2, 0.25) is 0 Å². The van der Waals surface area contributed by atoms with Gasteiger partial charge in [0.2, 0.25) is 0 Å². The molecule has 76 valence electrons. The molecule has 0 bridgehead atoms. The Morgan fingerprint density at radius 2 is 2.07 bits per heavy atom. The molecule has 0 saturated carbocycles. The molecule has 14 heavy (non-hydrogen) atoms. The quantitative estimate of drug-likeness (QED) is 0.771. The van der Waals surface area contributed by atoms with Gasteiger partial charge in [0.1, 0.15) is 0 Å². The lowest BCUT2D eigenvalue weighted by Crippen LogP contribution is -2.31. The standard InChI is InChI=1S/C12H18N2/c1-12(9-13)7-8-14(10-12)11-5-3-2-4-6-11/h2-6H,7-10,13H2,1H3. The molecule has 0 aromatic heterocycles. The first kappa shape index (κ1) is 9.53. The Bertz CT molecular complexity index is 296. The summed E-state index contributed by atoms with van der Waals surface area (Å²) in [6.07, 6.45) is 1.21. The van der Waals surface area contributed by atoms with Crippen LogP contribution in [0.4, 0.5) is 5.69 Å². The van der Waals surface area contributed by atoms with Crippen LogP contribution in [0, 0.1) is 5.41 Å². The average Bonchev–Trinajstić information content (AvgIpc) is 2.63. The Balaban J connectivity index is 2.10. The van der Waals surface area contributed by atoms with Crippen molar-refractivity contribution in [2.75, 3.05) is 24.5 Å². The third-order valence-corrected chi connectivity index (χ3v) is 3.17. The molecule has 1 aliphatic heterocycles. The Morgan fingerprint density at radius 1 is 1.36 bits per heavy atom. The molecule has 0 spiro atoms. The molecular weight excluding hydrogens is 172 g/mol. The van der Waals surface area contributed by atoms with Gasteiger partial charge >= 0.3 is 0 Å². The van der Waals surface area contributed by atoms with Crippen LogP contribution < -0.4 is 10.6 Å². The van der Waals surface area contributed by atoms with E-state index in [0.717, 1.165) is 19.6 Å². The predicted molar refractivity (Wildman–Crippen MR) is 60.4 cm³/mol. The number of nitrogens with zero attached hydrogens (tertiary/aromatic N) is 1. The molecule has 0 radical (unpaired) electrons.